The molecule has 0 saturated carbocycles. The maximum atomic E-state index is 14.3. The Hall–Kier alpha value is -1.85. The first kappa shape index (κ1) is 10.7. The van der Waals surface area contributed by atoms with Gasteiger partial charge in [0.25, 0.3) is 11.3 Å². The van der Waals surface area contributed by atoms with Crippen LogP contribution in [0.2, 0.25) is 0 Å². The number of amides is 2. The Morgan fingerprint density at radius 1 is 1.31 bits per heavy atom. The number of imide groups is 1. The third kappa shape index (κ3) is 0.850. The average molecular weight is 229 g/mol. The number of carbonyl (C=O) groups is 2. The van der Waals surface area contributed by atoms with Gasteiger partial charge in [0.15, 0.2) is 0 Å². The van der Waals surface area contributed by atoms with Gasteiger partial charge in [-0.3, -0.25) is 9.59 Å². The molecule has 0 N–H and O–H groups in total. The molecule has 0 bridgehead atoms. The van der Waals surface area contributed by atoms with Crippen molar-refractivity contribution in [2.75, 3.05) is 0 Å². The van der Waals surface area contributed by atoms with Crippen molar-refractivity contribution >= 4 is 11.8 Å². The molecule has 1 fully saturated rings. The van der Waals surface area contributed by atoms with Gasteiger partial charge in [0.05, 0.1) is 0 Å². The molecule has 2 aliphatic rings. The van der Waals surface area contributed by atoms with E-state index in [2.05, 4.69) is 6.58 Å². The number of fused-ring (bicyclic) bond motifs is 1. The molecule has 84 valence electrons. The van der Waals surface area contributed by atoms with Crippen LogP contribution < -0.4 is 0 Å². The highest BCUT2D eigenvalue weighted by Crippen LogP contribution is 2.48. The lowest BCUT2D eigenvalue weighted by Gasteiger charge is -2.29. The maximum Gasteiger partial charge on any atom is 0.304 e. The molecular weight excluding hydrogens is 223 g/mol. The van der Waals surface area contributed by atoms with E-state index >= 15 is 0 Å². The standard InChI is InChI=1S/C10H6F3NO2/c1-2-6-4-3-5-9(11)7(15)14(13)8(16)10(6,9)12/h2-5H,1H2. The summed E-state index contributed by atoms with van der Waals surface area (Å²) in [5, 5.41) is -1.03. The molecule has 2 amide bonds. The van der Waals surface area contributed by atoms with Crippen LogP contribution in [0.1, 0.15) is 0 Å². The normalized spacial score (nSPS) is 37.4. The van der Waals surface area contributed by atoms with Crippen LogP contribution in [0.25, 0.3) is 0 Å². The van der Waals surface area contributed by atoms with Crippen LogP contribution in [0.3, 0.4) is 0 Å². The minimum Gasteiger partial charge on any atom is -0.267 e. The van der Waals surface area contributed by atoms with Gasteiger partial charge in [-0.05, 0) is 6.08 Å². The van der Waals surface area contributed by atoms with Gasteiger partial charge in [0.2, 0.25) is 0 Å². The summed E-state index contributed by atoms with van der Waals surface area (Å²) in [7, 11) is 0. The molecule has 2 unspecified atom stereocenters. The molecule has 6 heteroatoms. The van der Waals surface area contributed by atoms with Crippen molar-refractivity contribution in [1.82, 2.24) is 5.12 Å². The number of allylic oxidation sites excluding steroid dienone is 3. The third-order valence-electron chi connectivity index (χ3n) is 2.68. The Morgan fingerprint density at radius 3 is 2.50 bits per heavy atom. The molecule has 0 aromatic heterocycles. The van der Waals surface area contributed by atoms with Crippen molar-refractivity contribution in [2.45, 2.75) is 11.3 Å². The molecule has 0 radical (unpaired) electrons. The summed E-state index contributed by atoms with van der Waals surface area (Å²) < 4.78 is 41.3. The van der Waals surface area contributed by atoms with Crippen molar-refractivity contribution in [3.63, 3.8) is 0 Å². The molecule has 0 aromatic carbocycles. The molecule has 2 atom stereocenters. The van der Waals surface area contributed by atoms with Crippen LogP contribution in [-0.4, -0.2) is 28.3 Å². The Labute approximate surface area is 88.5 Å². The second-order valence-electron chi connectivity index (χ2n) is 3.45. The zero-order valence-corrected chi connectivity index (χ0v) is 7.91. The highest BCUT2D eigenvalue weighted by molar-refractivity contribution is 6.15. The lowest BCUT2D eigenvalue weighted by atomic mass is 9.78. The van der Waals surface area contributed by atoms with Gasteiger partial charge in [-0.25, -0.2) is 8.78 Å². The fraction of sp³-hybridized carbons (Fsp3) is 0.200. The molecule has 0 aromatic rings. The number of nitrogens with zero attached hydrogens (tertiary/aromatic N) is 1. The van der Waals surface area contributed by atoms with Crippen molar-refractivity contribution < 1.29 is 22.9 Å². The molecule has 1 aliphatic carbocycles. The van der Waals surface area contributed by atoms with Gasteiger partial charge >= 0.3 is 11.8 Å². The first-order valence-electron chi connectivity index (χ1n) is 4.34. The molecule has 3 nitrogen and oxygen atoms in total. The summed E-state index contributed by atoms with van der Waals surface area (Å²) >= 11 is 0. The number of rotatable bonds is 1. The van der Waals surface area contributed by atoms with Crippen LogP contribution in [0.5, 0.6) is 0 Å². The molecule has 1 aliphatic heterocycles. The monoisotopic (exact) mass is 229 g/mol. The molecule has 1 heterocycles. The van der Waals surface area contributed by atoms with Gasteiger partial charge in [0, 0.05) is 5.57 Å². The quantitative estimate of drug-likeness (QED) is 0.502. The SMILES string of the molecule is C=CC1=CC=CC2(F)C(=O)N(F)C(=O)C12F. The van der Waals surface area contributed by atoms with Crippen molar-refractivity contribution in [2.24, 2.45) is 0 Å². The fourth-order valence-corrected chi connectivity index (χ4v) is 1.80. The third-order valence-corrected chi connectivity index (χ3v) is 2.68. The summed E-state index contributed by atoms with van der Waals surface area (Å²) in [6.45, 7) is 3.19. The second kappa shape index (κ2) is 2.84. The van der Waals surface area contributed by atoms with E-state index in [9.17, 15) is 22.9 Å². The van der Waals surface area contributed by atoms with Gasteiger partial charge in [-0.15, -0.1) is 5.12 Å². The van der Waals surface area contributed by atoms with Gasteiger partial charge < -0.3 is 0 Å². The van der Waals surface area contributed by atoms with Crippen LogP contribution in [0, 0.1) is 0 Å². The molecule has 1 saturated heterocycles. The molecule has 16 heavy (non-hydrogen) atoms. The summed E-state index contributed by atoms with van der Waals surface area (Å²) in [5.74, 6) is -3.72. The van der Waals surface area contributed by atoms with E-state index in [4.69, 9.17) is 0 Å². The highest BCUT2D eigenvalue weighted by Gasteiger charge is 2.74. The Bertz CT molecular complexity index is 471. The summed E-state index contributed by atoms with van der Waals surface area (Å²) in [6, 6.07) is 0. The topological polar surface area (TPSA) is 37.4 Å². The van der Waals surface area contributed by atoms with E-state index in [-0.39, 0.29) is 0 Å². The van der Waals surface area contributed by atoms with Crippen LogP contribution in [-0.2, 0) is 9.59 Å². The minimum atomic E-state index is -3.35. The smallest absolute Gasteiger partial charge is 0.267 e. The van der Waals surface area contributed by atoms with Crippen LogP contribution >= 0.6 is 0 Å². The number of carbonyl (C=O) groups excluding carboxylic acids is 2. The molecule has 0 spiro atoms. The van der Waals surface area contributed by atoms with E-state index in [0.29, 0.717) is 6.08 Å². The largest absolute Gasteiger partial charge is 0.304 e. The Balaban J connectivity index is 2.72. The Kier molecular flexibility index (Phi) is 1.89. The van der Waals surface area contributed by atoms with E-state index in [1.54, 1.807) is 0 Å². The minimum absolute atomic E-state index is 0.476. The molecule has 2 rings (SSSR count). The van der Waals surface area contributed by atoms with Gasteiger partial charge in [-0.1, -0.05) is 29.3 Å². The van der Waals surface area contributed by atoms with Crippen molar-refractivity contribution in [1.29, 1.82) is 0 Å². The van der Waals surface area contributed by atoms with Crippen molar-refractivity contribution in [3.05, 3.63) is 36.5 Å². The zero-order chi connectivity index (χ0) is 12.1. The Morgan fingerprint density at radius 2 is 1.94 bits per heavy atom. The number of hydrogen-bond donors (Lipinski definition) is 0. The predicted octanol–water partition coefficient (Wildman–Crippen LogP) is 1.34. The molecular formula is C10H6F3NO2. The predicted molar refractivity (Wildman–Crippen MR) is 48.1 cm³/mol. The number of hydrogen-bond acceptors (Lipinski definition) is 2. The fourth-order valence-electron chi connectivity index (χ4n) is 1.80. The summed E-state index contributed by atoms with van der Waals surface area (Å²) in [5.41, 5.74) is -7.15. The van der Waals surface area contributed by atoms with Crippen LogP contribution in [0.4, 0.5) is 13.3 Å². The summed E-state index contributed by atoms with van der Waals surface area (Å²) in [4.78, 5) is 22.4. The lowest BCUT2D eigenvalue weighted by Crippen LogP contribution is -2.51. The highest BCUT2D eigenvalue weighted by atomic mass is 19.2. The van der Waals surface area contributed by atoms with Gasteiger partial charge in [-0.2, -0.15) is 0 Å². The maximum absolute atomic E-state index is 14.3. The van der Waals surface area contributed by atoms with Crippen molar-refractivity contribution in [3.8, 4) is 0 Å². The first-order valence-corrected chi connectivity index (χ1v) is 4.34. The first-order chi connectivity index (χ1) is 7.39. The van der Waals surface area contributed by atoms with E-state index in [1.165, 1.54) is 0 Å². The average Bonchev–Trinajstić information content (AvgIpc) is 2.41. The zero-order valence-electron chi connectivity index (χ0n) is 7.91. The van der Waals surface area contributed by atoms with Gasteiger partial charge in [0.1, 0.15) is 0 Å². The van der Waals surface area contributed by atoms with E-state index in [1.807, 2.05) is 0 Å². The number of alkyl halides is 2. The van der Waals surface area contributed by atoms with E-state index in [0.717, 1.165) is 18.2 Å². The van der Waals surface area contributed by atoms with Crippen LogP contribution in [0.15, 0.2) is 36.5 Å². The summed E-state index contributed by atoms with van der Waals surface area (Å²) in [6.07, 6.45) is 3.51. The number of halogens is 3. The van der Waals surface area contributed by atoms with E-state index < -0.39 is 33.8 Å². The second-order valence-corrected chi connectivity index (χ2v) is 3.45. The lowest BCUT2D eigenvalue weighted by molar-refractivity contribution is -0.158.